The Morgan fingerprint density at radius 3 is 2.44 bits per heavy atom. The predicted molar refractivity (Wildman–Crippen MR) is 132 cm³/mol. The highest BCUT2D eigenvalue weighted by Gasteiger charge is 2.18. The van der Waals surface area contributed by atoms with Gasteiger partial charge in [0.2, 0.25) is 0 Å². The summed E-state index contributed by atoms with van der Waals surface area (Å²) >= 11 is 0. The van der Waals surface area contributed by atoms with Crippen LogP contribution in [0.2, 0.25) is 0 Å². The minimum Gasteiger partial charge on any atom is -0.382 e. The number of fused-ring (bicyclic) bond motifs is 3. The Labute approximate surface area is 197 Å². The maximum Gasteiger partial charge on any atom is 0.163 e. The Morgan fingerprint density at radius 2 is 1.76 bits per heavy atom. The molecule has 8 heteroatoms. The van der Waals surface area contributed by atoms with Gasteiger partial charge in [-0.25, -0.2) is 18.7 Å². The molecule has 0 fully saturated rings. The summed E-state index contributed by atoms with van der Waals surface area (Å²) in [6, 6.07) is 10.1. The van der Waals surface area contributed by atoms with Crippen LogP contribution in [0.5, 0.6) is 0 Å². The summed E-state index contributed by atoms with van der Waals surface area (Å²) in [7, 11) is 3.12. The first-order chi connectivity index (χ1) is 16.3. The number of unbranched alkanes of at least 4 members (excludes halogenated alkanes) is 2. The molecule has 4 rings (SSSR count). The van der Waals surface area contributed by atoms with Crippen molar-refractivity contribution in [2.75, 3.05) is 24.7 Å². The van der Waals surface area contributed by atoms with Gasteiger partial charge in [-0.2, -0.15) is 0 Å². The number of aryl methyl sites for hydroxylation is 2. The molecule has 0 amide bonds. The van der Waals surface area contributed by atoms with Crippen molar-refractivity contribution >= 4 is 39.2 Å². The van der Waals surface area contributed by atoms with Gasteiger partial charge in [-0.1, -0.05) is 31.5 Å². The van der Waals surface area contributed by atoms with Crippen molar-refractivity contribution in [1.82, 2.24) is 14.5 Å². The number of anilines is 2. The number of carbonyl (C=O) groups excluding carboxylic acids is 1. The lowest BCUT2D eigenvalue weighted by Crippen LogP contribution is -2.14. The Balaban J connectivity index is 1.44. The van der Waals surface area contributed by atoms with Crippen LogP contribution in [0.4, 0.5) is 20.3 Å². The zero-order valence-electron chi connectivity index (χ0n) is 19.7. The molecule has 6 nitrogen and oxygen atoms in total. The van der Waals surface area contributed by atoms with E-state index in [1.807, 2.05) is 24.3 Å². The van der Waals surface area contributed by atoms with Crippen LogP contribution in [0.1, 0.15) is 48.8 Å². The molecule has 4 aromatic rings. The summed E-state index contributed by atoms with van der Waals surface area (Å²) in [6.07, 6.45) is 3.28. The van der Waals surface area contributed by atoms with Crippen LogP contribution >= 0.6 is 0 Å². The minimum atomic E-state index is -0.728. The van der Waals surface area contributed by atoms with E-state index in [1.165, 1.54) is 4.90 Å². The van der Waals surface area contributed by atoms with Crippen LogP contribution in [-0.4, -0.2) is 34.4 Å². The molecule has 0 saturated carbocycles. The van der Waals surface area contributed by atoms with Crippen molar-refractivity contribution in [2.45, 2.75) is 45.6 Å². The summed E-state index contributed by atoms with van der Waals surface area (Å²) < 4.78 is 30.6. The molecule has 0 radical (unpaired) electrons. The Kier molecular flexibility index (Phi) is 6.77. The highest BCUT2D eigenvalue weighted by molar-refractivity contribution is 6.06. The van der Waals surface area contributed by atoms with Gasteiger partial charge in [0.05, 0.1) is 11.0 Å². The third-order valence-electron chi connectivity index (χ3n) is 6.08. The smallest absolute Gasteiger partial charge is 0.163 e. The zero-order valence-corrected chi connectivity index (χ0v) is 19.7. The van der Waals surface area contributed by atoms with Crippen LogP contribution in [0, 0.1) is 11.6 Å². The second kappa shape index (κ2) is 9.75. The van der Waals surface area contributed by atoms with Crippen molar-refractivity contribution in [3.63, 3.8) is 0 Å². The van der Waals surface area contributed by atoms with Gasteiger partial charge < -0.3 is 15.2 Å². The van der Waals surface area contributed by atoms with Crippen molar-refractivity contribution in [3.8, 4) is 0 Å². The van der Waals surface area contributed by atoms with E-state index in [0.717, 1.165) is 65.7 Å². The van der Waals surface area contributed by atoms with Crippen LogP contribution in [0.3, 0.4) is 0 Å². The van der Waals surface area contributed by atoms with E-state index in [4.69, 9.17) is 10.7 Å². The van der Waals surface area contributed by atoms with E-state index in [2.05, 4.69) is 16.5 Å². The average Bonchev–Trinajstić information content (AvgIpc) is 3.17. The van der Waals surface area contributed by atoms with Crippen LogP contribution < -0.4 is 10.6 Å². The minimum absolute atomic E-state index is 0.0731. The number of nitrogens with two attached hydrogens (primary N) is 1. The second-order valence-electron chi connectivity index (χ2n) is 8.66. The highest BCUT2D eigenvalue weighted by Crippen LogP contribution is 2.29. The fourth-order valence-corrected chi connectivity index (χ4v) is 4.45. The number of pyridine rings is 1. The van der Waals surface area contributed by atoms with E-state index in [9.17, 15) is 13.6 Å². The molecule has 2 aromatic heterocycles. The molecule has 0 aliphatic rings. The Morgan fingerprint density at radius 1 is 1.06 bits per heavy atom. The van der Waals surface area contributed by atoms with E-state index in [-0.39, 0.29) is 23.5 Å². The largest absolute Gasteiger partial charge is 0.382 e. The molecule has 0 aliphatic heterocycles. The van der Waals surface area contributed by atoms with E-state index in [1.54, 1.807) is 14.1 Å². The highest BCUT2D eigenvalue weighted by atomic mass is 19.1. The molecule has 0 bridgehead atoms. The molecule has 34 heavy (non-hydrogen) atoms. The number of carbonyl (C=O) groups is 1. The van der Waals surface area contributed by atoms with E-state index < -0.39 is 11.6 Å². The number of ketones is 1. The van der Waals surface area contributed by atoms with Gasteiger partial charge in [-0.15, -0.1) is 0 Å². The standard InChI is InChI=1S/C26H29F2N5O/c1-4-22-31-23-24(17-10-7-8-11-20(17)30-26(23)29)33(22)13-9-5-6-12-21(34)16-14-18(27)25(32(2)3)19(28)15-16/h7-8,10-11,14-15H,4-6,9,12-13H2,1-3H3,(H2,29,30). The van der Waals surface area contributed by atoms with Gasteiger partial charge in [-0.3, -0.25) is 4.79 Å². The summed E-state index contributed by atoms with van der Waals surface area (Å²) in [6.45, 7) is 2.80. The number of nitrogen functional groups attached to an aromatic ring is 1. The number of Topliss-reactive ketones (excluding diaryl/α,β-unsaturated/α-hetero) is 1. The normalized spacial score (nSPS) is 11.4. The monoisotopic (exact) mass is 465 g/mol. The molecule has 178 valence electrons. The van der Waals surface area contributed by atoms with Crippen molar-refractivity contribution in [3.05, 3.63) is 59.4 Å². The number of halogens is 2. The number of rotatable bonds is 9. The van der Waals surface area contributed by atoms with Gasteiger partial charge in [0.1, 0.15) is 28.7 Å². The molecular formula is C26H29F2N5O. The topological polar surface area (TPSA) is 77.0 Å². The lowest BCUT2D eigenvalue weighted by Gasteiger charge is -2.15. The quantitative estimate of drug-likeness (QED) is 0.260. The molecule has 0 unspecified atom stereocenters. The van der Waals surface area contributed by atoms with Gasteiger partial charge in [0.25, 0.3) is 0 Å². The lowest BCUT2D eigenvalue weighted by atomic mass is 10.0. The molecular weight excluding hydrogens is 436 g/mol. The number of nitrogens with zero attached hydrogens (tertiary/aromatic N) is 4. The molecule has 0 spiro atoms. The Bertz CT molecular complexity index is 1340. The Hall–Kier alpha value is -3.55. The molecule has 2 aromatic carbocycles. The molecule has 2 N–H and O–H groups in total. The van der Waals surface area contributed by atoms with Gasteiger partial charge >= 0.3 is 0 Å². The van der Waals surface area contributed by atoms with Gasteiger partial charge in [-0.05, 0) is 31.0 Å². The van der Waals surface area contributed by atoms with Crippen LogP contribution in [-0.2, 0) is 13.0 Å². The summed E-state index contributed by atoms with van der Waals surface area (Å²) in [5, 5.41) is 1.01. The third-order valence-corrected chi connectivity index (χ3v) is 6.08. The SMILES string of the molecule is CCc1nc2c(N)nc3ccccc3c2n1CCCCCC(=O)c1cc(F)c(N(C)C)c(F)c1. The maximum atomic E-state index is 14.2. The number of imidazole rings is 1. The first-order valence-electron chi connectivity index (χ1n) is 11.5. The molecule has 2 heterocycles. The number of benzene rings is 2. The van der Waals surface area contributed by atoms with E-state index >= 15 is 0 Å². The third kappa shape index (κ3) is 4.44. The van der Waals surface area contributed by atoms with Crippen molar-refractivity contribution in [1.29, 1.82) is 0 Å². The summed E-state index contributed by atoms with van der Waals surface area (Å²) in [5.74, 6) is -0.340. The van der Waals surface area contributed by atoms with Gasteiger partial charge in [0, 0.05) is 44.4 Å². The van der Waals surface area contributed by atoms with Crippen LogP contribution in [0.25, 0.3) is 21.9 Å². The number of hydrogen-bond donors (Lipinski definition) is 1. The number of para-hydroxylation sites is 1. The average molecular weight is 466 g/mol. The molecule has 0 atom stereocenters. The first kappa shape index (κ1) is 23.6. The predicted octanol–water partition coefficient (Wildman–Crippen LogP) is 5.52. The fraction of sp³-hybridized carbons (Fsp3) is 0.346. The van der Waals surface area contributed by atoms with Crippen LogP contribution in [0.15, 0.2) is 36.4 Å². The van der Waals surface area contributed by atoms with E-state index in [0.29, 0.717) is 12.2 Å². The van der Waals surface area contributed by atoms with Crippen molar-refractivity contribution < 1.29 is 13.6 Å². The first-order valence-corrected chi connectivity index (χ1v) is 11.5. The number of aromatic nitrogens is 3. The molecule has 0 aliphatic carbocycles. The zero-order chi connectivity index (χ0) is 24.4. The fourth-order valence-electron chi connectivity index (χ4n) is 4.45. The van der Waals surface area contributed by atoms with Crippen molar-refractivity contribution in [2.24, 2.45) is 0 Å². The maximum absolute atomic E-state index is 14.2. The number of hydrogen-bond acceptors (Lipinski definition) is 5. The summed E-state index contributed by atoms with van der Waals surface area (Å²) in [5.41, 5.74) is 8.67. The summed E-state index contributed by atoms with van der Waals surface area (Å²) in [4.78, 5) is 23.1. The molecule has 0 saturated heterocycles. The van der Waals surface area contributed by atoms with Gasteiger partial charge in [0.15, 0.2) is 11.6 Å². The second-order valence-corrected chi connectivity index (χ2v) is 8.66. The lowest BCUT2D eigenvalue weighted by molar-refractivity contribution is 0.0978.